The quantitative estimate of drug-likeness (QED) is 0.387. The minimum absolute atomic E-state index is 0.391. The molecule has 2 saturated carbocycles. The number of rotatable bonds is 0. The standard InChI is InChI=1S/C4H3O/c5-4-1-3(4)2-4/h3H,1H2. The van der Waals surface area contributed by atoms with Crippen molar-refractivity contribution in [3.63, 3.8) is 0 Å². The number of fused-ring (bicyclic) bond motifs is 1. The van der Waals surface area contributed by atoms with Crippen LogP contribution in [0.15, 0.2) is 0 Å². The van der Waals surface area contributed by atoms with Crippen LogP contribution < -0.4 is 0 Å². The first-order valence-corrected chi connectivity index (χ1v) is 1.79. The first kappa shape index (κ1) is 2.19. The Morgan fingerprint density at radius 3 is 2.20 bits per heavy atom. The van der Waals surface area contributed by atoms with E-state index in [1.807, 2.05) is 0 Å². The zero-order chi connectivity index (χ0) is 3.49. The van der Waals surface area contributed by atoms with E-state index >= 15 is 0 Å². The van der Waals surface area contributed by atoms with Gasteiger partial charge in [0.2, 0.25) is 0 Å². The average molecular weight is 67.1 g/mol. The van der Waals surface area contributed by atoms with E-state index in [0.29, 0.717) is 5.92 Å². The van der Waals surface area contributed by atoms with Gasteiger partial charge in [0.15, 0.2) is 0 Å². The van der Waals surface area contributed by atoms with Crippen LogP contribution in [0.2, 0.25) is 0 Å². The third-order valence-electron chi connectivity index (χ3n) is 1.25. The highest BCUT2D eigenvalue weighted by Crippen LogP contribution is 2.65. The van der Waals surface area contributed by atoms with Crippen molar-refractivity contribution in [2.45, 2.75) is 12.0 Å². The lowest BCUT2D eigenvalue weighted by atomic mass is 10.4. The molecule has 3 radical (unpaired) electrons. The topological polar surface area (TPSA) is 19.9 Å². The zero-order valence-electron chi connectivity index (χ0n) is 2.69. The Balaban J connectivity index is 2.37. The number of hydrogen-bond acceptors (Lipinski definition) is 0. The van der Waals surface area contributed by atoms with Crippen LogP contribution >= 0.6 is 0 Å². The second-order valence-corrected chi connectivity index (χ2v) is 1.79. The Bertz CT molecular complexity index is 71.7. The summed E-state index contributed by atoms with van der Waals surface area (Å²) in [6.45, 7) is 0. The normalized spacial score (nSPS) is 70.2. The molecule has 0 aromatic carbocycles. The molecule has 0 aromatic heterocycles. The molecule has 0 amide bonds. The molecule has 0 heterocycles. The lowest BCUT2D eigenvalue weighted by Gasteiger charge is -1.73. The van der Waals surface area contributed by atoms with Crippen molar-refractivity contribution in [2.75, 3.05) is 0 Å². The van der Waals surface area contributed by atoms with Crippen LogP contribution in [-0.4, -0.2) is 5.60 Å². The molecular formula is C4H3O. The van der Waals surface area contributed by atoms with Crippen LogP contribution in [0.3, 0.4) is 0 Å². The molecule has 2 aliphatic carbocycles. The summed E-state index contributed by atoms with van der Waals surface area (Å²) in [5.41, 5.74) is -0.583. The molecule has 1 nitrogen and oxygen atoms in total. The van der Waals surface area contributed by atoms with Crippen LogP contribution in [0.5, 0.6) is 0 Å². The summed E-state index contributed by atoms with van der Waals surface area (Å²) in [7, 11) is 0. The molecule has 0 aliphatic heterocycles. The van der Waals surface area contributed by atoms with E-state index in [4.69, 9.17) is 0 Å². The van der Waals surface area contributed by atoms with Gasteiger partial charge in [-0.1, -0.05) is 0 Å². The van der Waals surface area contributed by atoms with E-state index in [1.54, 1.807) is 0 Å². The van der Waals surface area contributed by atoms with Gasteiger partial charge in [-0.05, 0) is 6.42 Å². The molecule has 2 rings (SSSR count). The van der Waals surface area contributed by atoms with Gasteiger partial charge in [0.1, 0.15) is 5.60 Å². The summed E-state index contributed by atoms with van der Waals surface area (Å²) in [4.78, 5) is 0. The summed E-state index contributed by atoms with van der Waals surface area (Å²) < 4.78 is 0. The monoisotopic (exact) mass is 67.0 g/mol. The van der Waals surface area contributed by atoms with Crippen molar-refractivity contribution in [1.29, 1.82) is 0 Å². The predicted octanol–water partition coefficient (Wildman–Crippen LogP) is 0.270. The molecular weight excluding hydrogens is 64.0 g/mol. The van der Waals surface area contributed by atoms with Crippen LogP contribution in [-0.2, 0) is 5.11 Å². The van der Waals surface area contributed by atoms with Gasteiger partial charge in [0.05, 0.1) is 0 Å². The molecule has 2 unspecified atom stereocenters. The fourth-order valence-electron chi connectivity index (χ4n) is 0.476. The Kier molecular flexibility index (Phi) is 0.126. The minimum atomic E-state index is -0.583. The van der Waals surface area contributed by atoms with Gasteiger partial charge in [-0.25, -0.2) is 5.11 Å². The van der Waals surface area contributed by atoms with Crippen molar-refractivity contribution in [2.24, 2.45) is 5.92 Å². The molecule has 2 fully saturated rings. The van der Waals surface area contributed by atoms with Gasteiger partial charge in [-0.3, -0.25) is 0 Å². The fourth-order valence-corrected chi connectivity index (χ4v) is 0.476. The highest BCUT2D eigenvalue weighted by molar-refractivity contribution is 5.36. The fraction of sp³-hybridized carbons (Fsp3) is 0.750. The minimum Gasteiger partial charge on any atom is -0.228 e. The lowest BCUT2D eigenvalue weighted by Crippen LogP contribution is -1.82. The maximum Gasteiger partial charge on any atom is 0.115 e. The first-order valence-electron chi connectivity index (χ1n) is 1.79. The molecule has 0 saturated heterocycles. The van der Waals surface area contributed by atoms with Crippen molar-refractivity contribution < 1.29 is 5.11 Å². The van der Waals surface area contributed by atoms with Crippen LogP contribution in [0, 0.1) is 12.3 Å². The maximum absolute atomic E-state index is 10.2. The van der Waals surface area contributed by atoms with E-state index in [9.17, 15) is 5.11 Å². The van der Waals surface area contributed by atoms with Gasteiger partial charge >= 0.3 is 0 Å². The van der Waals surface area contributed by atoms with E-state index in [1.165, 1.54) is 0 Å². The Morgan fingerprint density at radius 2 is 2.20 bits per heavy atom. The summed E-state index contributed by atoms with van der Waals surface area (Å²) in [6, 6.07) is 0. The molecule has 25 valence electrons. The predicted molar refractivity (Wildman–Crippen MR) is 14.8 cm³/mol. The molecule has 2 aliphatic rings. The second kappa shape index (κ2) is 0.289. The first-order chi connectivity index (χ1) is 2.31. The van der Waals surface area contributed by atoms with Crippen LogP contribution in [0.25, 0.3) is 0 Å². The van der Waals surface area contributed by atoms with Gasteiger partial charge in [0.25, 0.3) is 0 Å². The van der Waals surface area contributed by atoms with Gasteiger partial charge in [-0.15, -0.1) is 0 Å². The third kappa shape index (κ3) is 0.106. The Hall–Kier alpha value is -0.0400. The van der Waals surface area contributed by atoms with E-state index in [-0.39, 0.29) is 0 Å². The van der Waals surface area contributed by atoms with Gasteiger partial charge in [-0.2, -0.15) is 0 Å². The number of hydrogen-bond donors (Lipinski definition) is 0. The molecule has 1 heteroatoms. The van der Waals surface area contributed by atoms with Gasteiger partial charge in [0, 0.05) is 12.3 Å². The van der Waals surface area contributed by atoms with E-state index in [0.717, 1.165) is 6.42 Å². The van der Waals surface area contributed by atoms with Crippen LogP contribution in [0.4, 0.5) is 0 Å². The zero-order valence-corrected chi connectivity index (χ0v) is 2.69. The van der Waals surface area contributed by atoms with Crippen molar-refractivity contribution in [3.05, 3.63) is 6.42 Å². The lowest BCUT2D eigenvalue weighted by molar-refractivity contribution is 0.135. The van der Waals surface area contributed by atoms with Crippen molar-refractivity contribution in [1.82, 2.24) is 0 Å². The molecule has 0 spiro atoms. The Morgan fingerprint density at radius 1 is 2.00 bits per heavy atom. The van der Waals surface area contributed by atoms with E-state index < -0.39 is 5.60 Å². The molecule has 2 atom stereocenters. The average Bonchev–Trinajstić information content (AvgIpc) is 1.74. The largest absolute Gasteiger partial charge is 0.228 e. The summed E-state index contributed by atoms with van der Waals surface area (Å²) in [5, 5.41) is 10.2. The SMILES string of the molecule is [O]C12[C]C1C2. The molecule has 0 aromatic rings. The van der Waals surface area contributed by atoms with Crippen LogP contribution in [0.1, 0.15) is 6.42 Å². The summed E-state index contributed by atoms with van der Waals surface area (Å²) in [6.07, 6.45) is 3.60. The summed E-state index contributed by atoms with van der Waals surface area (Å²) in [5.74, 6) is 0.391. The Labute approximate surface area is 30.6 Å². The van der Waals surface area contributed by atoms with Crippen molar-refractivity contribution in [3.8, 4) is 0 Å². The van der Waals surface area contributed by atoms with E-state index in [2.05, 4.69) is 6.42 Å². The van der Waals surface area contributed by atoms with Gasteiger partial charge < -0.3 is 0 Å². The maximum atomic E-state index is 10.2. The molecule has 0 bridgehead atoms. The summed E-state index contributed by atoms with van der Waals surface area (Å²) >= 11 is 0. The smallest absolute Gasteiger partial charge is 0.115 e. The second-order valence-electron chi connectivity index (χ2n) is 1.79. The highest BCUT2D eigenvalue weighted by atomic mass is 16.3. The highest BCUT2D eigenvalue weighted by Gasteiger charge is 2.72. The molecule has 5 heavy (non-hydrogen) atoms. The van der Waals surface area contributed by atoms with Crippen molar-refractivity contribution >= 4 is 0 Å². The third-order valence-corrected chi connectivity index (χ3v) is 1.25. The molecule has 0 N–H and O–H groups in total.